The van der Waals surface area contributed by atoms with Crippen molar-refractivity contribution in [2.24, 2.45) is 0 Å². The summed E-state index contributed by atoms with van der Waals surface area (Å²) < 4.78 is 55.9. The summed E-state index contributed by atoms with van der Waals surface area (Å²) in [6.07, 6.45) is -2.29. The first-order valence-electron chi connectivity index (χ1n) is 11.1. The fraction of sp³-hybridized carbons (Fsp3) is 0.160. The Morgan fingerprint density at radius 1 is 1.11 bits per heavy atom. The van der Waals surface area contributed by atoms with Gasteiger partial charge in [-0.05, 0) is 48.9 Å². The predicted molar refractivity (Wildman–Crippen MR) is 132 cm³/mol. The minimum absolute atomic E-state index is 0.000136. The first-order chi connectivity index (χ1) is 18.2. The third kappa shape index (κ3) is 4.82. The molecule has 0 bridgehead atoms. The Balaban J connectivity index is 1.73. The van der Waals surface area contributed by atoms with Crippen molar-refractivity contribution in [3.63, 3.8) is 0 Å². The molecule has 0 radical (unpaired) electrons. The van der Waals surface area contributed by atoms with Gasteiger partial charge in [0.05, 0.1) is 12.2 Å². The van der Waals surface area contributed by atoms with Crippen LogP contribution in [0.3, 0.4) is 0 Å². The van der Waals surface area contributed by atoms with Crippen LogP contribution in [0.5, 0.6) is 5.75 Å². The van der Waals surface area contributed by atoms with Crippen LogP contribution >= 0.6 is 23.2 Å². The molecule has 0 N–H and O–H groups in total. The molecular formula is C25H16Cl2F3N5O3. The second-order valence-corrected chi connectivity index (χ2v) is 8.83. The highest BCUT2D eigenvalue weighted by atomic mass is 35.5. The minimum Gasteiger partial charge on any atom is -0.494 e. The van der Waals surface area contributed by atoms with Crippen molar-refractivity contribution in [3.05, 3.63) is 87.7 Å². The molecule has 0 fully saturated rings. The number of carbonyl (C=O) groups excluding carboxylic acids is 1. The molecule has 3 heterocycles. The van der Waals surface area contributed by atoms with E-state index in [9.17, 15) is 18.0 Å². The van der Waals surface area contributed by atoms with Gasteiger partial charge in [-0.2, -0.15) is 13.2 Å². The van der Waals surface area contributed by atoms with Crippen LogP contribution in [0.15, 0.2) is 59.4 Å². The fourth-order valence-electron chi connectivity index (χ4n) is 4.04. The van der Waals surface area contributed by atoms with E-state index in [4.69, 9.17) is 32.4 Å². The van der Waals surface area contributed by atoms with Crippen LogP contribution in [0.1, 0.15) is 34.4 Å². The van der Waals surface area contributed by atoms with Gasteiger partial charge in [-0.3, -0.25) is 4.79 Å². The van der Waals surface area contributed by atoms with E-state index in [0.29, 0.717) is 10.6 Å². The highest BCUT2D eigenvalue weighted by Crippen LogP contribution is 2.41. The number of alkyl halides is 3. The van der Waals surface area contributed by atoms with Crippen molar-refractivity contribution in [2.75, 3.05) is 6.61 Å². The van der Waals surface area contributed by atoms with Gasteiger partial charge in [0.15, 0.2) is 0 Å². The summed E-state index contributed by atoms with van der Waals surface area (Å²) in [5, 5.41) is 7.99. The molecule has 13 heteroatoms. The molecule has 2 aromatic carbocycles. The Bertz CT molecular complexity index is 1650. The number of ether oxygens (including phenoxy) is 1. The summed E-state index contributed by atoms with van der Waals surface area (Å²) in [5.74, 6) is -1.59. The second kappa shape index (κ2) is 10.1. The Hall–Kier alpha value is -3.96. The summed E-state index contributed by atoms with van der Waals surface area (Å²) >= 11 is 12.2. The molecule has 0 amide bonds. The first kappa shape index (κ1) is 25.7. The number of benzene rings is 2. The number of nitrogens with zero attached hydrogens (tertiary/aromatic N) is 5. The number of carbonyl (C=O) groups is 1. The molecule has 5 aromatic rings. The summed E-state index contributed by atoms with van der Waals surface area (Å²) in [6.45, 7) is 1.71. The molecular weight excluding hydrogens is 546 g/mol. The largest absolute Gasteiger partial charge is 0.494 e. The maximum Gasteiger partial charge on any atom is 0.432 e. The van der Waals surface area contributed by atoms with Crippen molar-refractivity contribution in [1.29, 1.82) is 0 Å². The molecule has 38 heavy (non-hydrogen) atoms. The molecule has 0 atom stereocenters. The molecule has 3 aromatic heterocycles. The molecule has 5 rings (SSSR count). The molecule has 0 saturated heterocycles. The van der Waals surface area contributed by atoms with E-state index in [0.717, 1.165) is 4.57 Å². The van der Waals surface area contributed by atoms with E-state index in [1.807, 2.05) is 0 Å². The zero-order chi connectivity index (χ0) is 27.0. The van der Waals surface area contributed by atoms with Crippen molar-refractivity contribution >= 4 is 39.9 Å². The number of fused-ring (bicyclic) bond motifs is 1. The van der Waals surface area contributed by atoms with Crippen LogP contribution < -0.4 is 4.74 Å². The minimum atomic E-state index is -4.94. The number of aromatic nitrogens is 5. The Morgan fingerprint density at radius 3 is 2.61 bits per heavy atom. The van der Waals surface area contributed by atoms with Crippen LogP contribution in [0, 0.1) is 0 Å². The van der Waals surface area contributed by atoms with Crippen molar-refractivity contribution in [1.82, 2.24) is 24.7 Å². The lowest BCUT2D eigenvalue weighted by atomic mass is 10.1. The number of hydrogen-bond donors (Lipinski definition) is 0. The summed E-state index contributed by atoms with van der Waals surface area (Å²) in [4.78, 5) is 21.3. The van der Waals surface area contributed by atoms with Gasteiger partial charge in [0.25, 0.3) is 17.6 Å². The average Bonchev–Trinajstić information content (AvgIpc) is 3.49. The lowest BCUT2D eigenvalue weighted by molar-refractivity contribution is -0.143. The maximum atomic E-state index is 14.7. The van der Waals surface area contributed by atoms with Crippen LogP contribution in [-0.4, -0.2) is 37.1 Å². The standard InChI is InChI=1S/C25H16Cl2F3N5O3/c1-2-37-15-5-6-19-16(10-15)20(21(36)24-34-33-23(38-24)18-7-8-31-12-32-18)22(25(28,29)30)35(19)11-13-3-4-14(26)9-17(13)27/h3-10,12H,2,11H2,1H3. The van der Waals surface area contributed by atoms with Crippen LogP contribution in [0.25, 0.3) is 22.5 Å². The lowest BCUT2D eigenvalue weighted by Crippen LogP contribution is -2.19. The zero-order valence-corrected chi connectivity index (χ0v) is 21.0. The van der Waals surface area contributed by atoms with Gasteiger partial charge in [-0.15, -0.1) is 10.2 Å². The number of hydrogen-bond acceptors (Lipinski definition) is 7. The van der Waals surface area contributed by atoms with E-state index in [2.05, 4.69) is 20.2 Å². The third-order valence-corrected chi connectivity index (χ3v) is 6.19. The first-order valence-corrected chi connectivity index (χ1v) is 11.9. The van der Waals surface area contributed by atoms with E-state index < -0.39 is 29.1 Å². The normalized spacial score (nSPS) is 11.7. The highest BCUT2D eigenvalue weighted by molar-refractivity contribution is 6.35. The fourth-order valence-corrected chi connectivity index (χ4v) is 4.51. The molecule has 8 nitrogen and oxygen atoms in total. The van der Waals surface area contributed by atoms with Gasteiger partial charge >= 0.3 is 6.18 Å². The molecule has 0 aliphatic heterocycles. The molecule has 0 aliphatic rings. The lowest BCUT2D eigenvalue weighted by Gasteiger charge is -2.15. The van der Waals surface area contributed by atoms with Crippen molar-refractivity contribution in [2.45, 2.75) is 19.6 Å². The number of halogens is 5. The quantitative estimate of drug-likeness (QED) is 0.210. The van der Waals surface area contributed by atoms with E-state index >= 15 is 0 Å². The van der Waals surface area contributed by atoms with Crippen LogP contribution in [0.2, 0.25) is 10.0 Å². The summed E-state index contributed by atoms with van der Waals surface area (Å²) in [6, 6.07) is 10.3. The van der Waals surface area contributed by atoms with E-state index in [-0.39, 0.29) is 46.4 Å². The van der Waals surface area contributed by atoms with Gasteiger partial charge < -0.3 is 13.7 Å². The Labute approximate surface area is 223 Å². The zero-order valence-electron chi connectivity index (χ0n) is 19.5. The highest BCUT2D eigenvalue weighted by Gasteiger charge is 2.42. The van der Waals surface area contributed by atoms with Gasteiger partial charge in [-0.1, -0.05) is 29.3 Å². The number of rotatable bonds is 7. The van der Waals surface area contributed by atoms with E-state index in [1.54, 1.807) is 6.92 Å². The monoisotopic (exact) mass is 561 g/mol. The molecule has 0 aliphatic carbocycles. The summed E-state index contributed by atoms with van der Waals surface area (Å²) in [5.41, 5.74) is -1.14. The molecule has 0 spiro atoms. The SMILES string of the molecule is CCOc1ccc2c(c1)c(C(=O)c1nnc(-c3ccncn3)o1)c(C(F)(F)F)n2Cc1ccc(Cl)cc1Cl. The van der Waals surface area contributed by atoms with Crippen molar-refractivity contribution < 1.29 is 27.1 Å². The Morgan fingerprint density at radius 2 is 1.92 bits per heavy atom. The van der Waals surface area contributed by atoms with E-state index in [1.165, 1.54) is 55.0 Å². The third-order valence-electron chi connectivity index (χ3n) is 5.61. The van der Waals surface area contributed by atoms with Crippen LogP contribution in [0.4, 0.5) is 13.2 Å². The van der Waals surface area contributed by atoms with Crippen molar-refractivity contribution in [3.8, 4) is 17.3 Å². The van der Waals surface area contributed by atoms with Crippen LogP contribution in [-0.2, 0) is 12.7 Å². The molecule has 0 unspecified atom stereocenters. The van der Waals surface area contributed by atoms with Gasteiger partial charge in [0.1, 0.15) is 23.5 Å². The second-order valence-electron chi connectivity index (χ2n) is 7.99. The van der Waals surface area contributed by atoms with Gasteiger partial charge in [0.2, 0.25) is 0 Å². The predicted octanol–water partition coefficient (Wildman–Crippen LogP) is 6.48. The number of ketones is 1. The smallest absolute Gasteiger partial charge is 0.432 e. The Kier molecular flexibility index (Phi) is 6.80. The maximum absolute atomic E-state index is 14.7. The average molecular weight is 562 g/mol. The molecule has 0 saturated carbocycles. The van der Waals surface area contributed by atoms with Gasteiger partial charge in [-0.25, -0.2) is 9.97 Å². The molecule has 194 valence electrons. The summed E-state index contributed by atoms with van der Waals surface area (Å²) in [7, 11) is 0. The topological polar surface area (TPSA) is 95.9 Å². The van der Waals surface area contributed by atoms with Gasteiger partial charge in [0, 0.05) is 33.7 Å².